The third-order valence-corrected chi connectivity index (χ3v) is 4.14. The molecule has 2 heterocycles. The number of halogens is 1. The number of ether oxygens (including phenoxy) is 1. The molecular formula is C19H21FN4O4. The minimum absolute atomic E-state index is 0.000974. The lowest BCUT2D eigenvalue weighted by atomic mass is 10.1. The van der Waals surface area contributed by atoms with Crippen molar-refractivity contribution in [3.63, 3.8) is 0 Å². The minimum atomic E-state index is -0.421. The number of nitrogens with zero attached hydrogens (tertiary/aromatic N) is 3. The normalized spacial score (nSPS) is 11.1. The number of nitrogens with one attached hydrogen (secondary N) is 1. The van der Waals surface area contributed by atoms with E-state index < -0.39 is 5.56 Å². The first-order valence-electron chi connectivity index (χ1n) is 9.05. The molecule has 9 heteroatoms. The quantitative estimate of drug-likeness (QED) is 0.564. The fraction of sp³-hybridized carbons (Fsp3) is 0.368. The third-order valence-electron chi connectivity index (χ3n) is 4.14. The standard InChI is InChI=1S/C19H21FN4O4/c1-2-27-11-3-9-21-15(25)8-10-24-12-22-17-16(23-28-18(17)19(24)26)13-4-6-14(20)7-5-13/h4-7,12H,2-3,8-11H2,1H3,(H,21,25). The molecule has 0 fully saturated rings. The number of rotatable bonds is 9. The van der Waals surface area contributed by atoms with Crippen LogP contribution in [0.4, 0.5) is 4.39 Å². The highest BCUT2D eigenvalue weighted by molar-refractivity contribution is 5.87. The van der Waals surface area contributed by atoms with Crippen molar-refractivity contribution >= 4 is 17.0 Å². The number of aryl methyl sites for hydroxylation is 1. The zero-order valence-corrected chi connectivity index (χ0v) is 15.5. The molecule has 8 nitrogen and oxygen atoms in total. The topological polar surface area (TPSA) is 99.2 Å². The number of amides is 1. The molecule has 1 aromatic carbocycles. The predicted octanol–water partition coefficient (Wildman–Crippen LogP) is 2.12. The molecule has 0 spiro atoms. The Balaban J connectivity index is 1.66. The van der Waals surface area contributed by atoms with E-state index in [1.807, 2.05) is 6.92 Å². The Bertz CT molecular complexity index is 997. The average molecular weight is 388 g/mol. The Morgan fingerprint density at radius 1 is 1.32 bits per heavy atom. The molecule has 0 saturated carbocycles. The summed E-state index contributed by atoms with van der Waals surface area (Å²) in [6.07, 6.45) is 2.23. The highest BCUT2D eigenvalue weighted by Gasteiger charge is 2.16. The Kier molecular flexibility index (Phi) is 6.49. The van der Waals surface area contributed by atoms with Crippen LogP contribution in [0.5, 0.6) is 0 Å². The van der Waals surface area contributed by atoms with Crippen LogP contribution < -0.4 is 10.9 Å². The van der Waals surface area contributed by atoms with Crippen LogP contribution in [0, 0.1) is 5.82 Å². The Morgan fingerprint density at radius 3 is 2.86 bits per heavy atom. The summed E-state index contributed by atoms with van der Waals surface area (Å²) in [4.78, 5) is 28.7. The van der Waals surface area contributed by atoms with Gasteiger partial charge in [-0.1, -0.05) is 5.16 Å². The zero-order valence-electron chi connectivity index (χ0n) is 15.5. The highest BCUT2D eigenvalue weighted by atomic mass is 19.1. The van der Waals surface area contributed by atoms with Crippen LogP contribution in [0.15, 0.2) is 39.9 Å². The highest BCUT2D eigenvalue weighted by Crippen LogP contribution is 2.24. The molecule has 0 aliphatic heterocycles. The van der Waals surface area contributed by atoms with E-state index in [0.29, 0.717) is 36.5 Å². The molecule has 1 N–H and O–H groups in total. The van der Waals surface area contributed by atoms with Crippen LogP contribution in [-0.2, 0) is 16.1 Å². The van der Waals surface area contributed by atoms with Crippen molar-refractivity contribution in [2.24, 2.45) is 0 Å². The van der Waals surface area contributed by atoms with Gasteiger partial charge in [0.15, 0.2) is 0 Å². The number of carbonyl (C=O) groups is 1. The second kappa shape index (κ2) is 9.23. The molecule has 0 atom stereocenters. The number of fused-ring (bicyclic) bond motifs is 1. The van der Waals surface area contributed by atoms with E-state index >= 15 is 0 Å². The second-order valence-corrected chi connectivity index (χ2v) is 6.11. The van der Waals surface area contributed by atoms with Crippen LogP contribution in [0.1, 0.15) is 19.8 Å². The van der Waals surface area contributed by atoms with Gasteiger partial charge in [-0.15, -0.1) is 0 Å². The molecule has 0 aliphatic carbocycles. The van der Waals surface area contributed by atoms with Crippen LogP contribution in [0.25, 0.3) is 22.4 Å². The second-order valence-electron chi connectivity index (χ2n) is 6.11. The number of hydrogen-bond acceptors (Lipinski definition) is 6. The maximum Gasteiger partial charge on any atom is 0.299 e. The van der Waals surface area contributed by atoms with E-state index in [1.165, 1.54) is 35.2 Å². The minimum Gasteiger partial charge on any atom is -0.382 e. The molecule has 0 bridgehead atoms. The van der Waals surface area contributed by atoms with Gasteiger partial charge >= 0.3 is 0 Å². The summed E-state index contributed by atoms with van der Waals surface area (Å²) in [5.41, 5.74) is 0.838. The fourth-order valence-corrected chi connectivity index (χ4v) is 2.67. The SMILES string of the molecule is CCOCCCNC(=O)CCn1cnc2c(-c3ccc(F)cc3)noc2c1=O. The first-order valence-corrected chi connectivity index (χ1v) is 9.05. The lowest BCUT2D eigenvalue weighted by molar-refractivity contribution is -0.121. The molecule has 0 radical (unpaired) electrons. The van der Waals surface area contributed by atoms with Gasteiger partial charge in [-0.25, -0.2) is 9.37 Å². The van der Waals surface area contributed by atoms with E-state index in [-0.39, 0.29) is 30.3 Å². The molecule has 1 amide bonds. The van der Waals surface area contributed by atoms with Crippen molar-refractivity contribution in [2.45, 2.75) is 26.3 Å². The summed E-state index contributed by atoms with van der Waals surface area (Å²) in [5.74, 6) is -0.531. The molecule has 2 aromatic heterocycles. The maximum atomic E-state index is 13.1. The smallest absolute Gasteiger partial charge is 0.299 e. The van der Waals surface area contributed by atoms with E-state index in [2.05, 4.69) is 15.5 Å². The van der Waals surface area contributed by atoms with Crippen molar-refractivity contribution in [3.05, 3.63) is 46.8 Å². The largest absolute Gasteiger partial charge is 0.382 e. The van der Waals surface area contributed by atoms with Crippen LogP contribution >= 0.6 is 0 Å². The van der Waals surface area contributed by atoms with Crippen molar-refractivity contribution in [1.29, 1.82) is 0 Å². The summed E-state index contributed by atoms with van der Waals surface area (Å²) in [6, 6.07) is 5.67. The van der Waals surface area contributed by atoms with Crippen LogP contribution in [-0.4, -0.2) is 40.4 Å². The summed E-state index contributed by atoms with van der Waals surface area (Å²) >= 11 is 0. The Morgan fingerprint density at radius 2 is 2.11 bits per heavy atom. The third kappa shape index (κ3) is 4.61. The molecular weight excluding hydrogens is 367 g/mol. The van der Waals surface area contributed by atoms with Gasteiger partial charge in [0, 0.05) is 38.3 Å². The lowest BCUT2D eigenvalue weighted by Gasteiger charge is -2.07. The molecule has 0 saturated heterocycles. The van der Waals surface area contributed by atoms with Crippen molar-refractivity contribution < 1.29 is 18.4 Å². The average Bonchev–Trinajstić information content (AvgIpc) is 3.13. The molecule has 28 heavy (non-hydrogen) atoms. The zero-order chi connectivity index (χ0) is 19.9. The molecule has 0 unspecified atom stereocenters. The van der Waals surface area contributed by atoms with Gasteiger partial charge in [0.25, 0.3) is 11.1 Å². The summed E-state index contributed by atoms with van der Waals surface area (Å²) in [5, 5.41) is 6.67. The van der Waals surface area contributed by atoms with Crippen molar-refractivity contribution in [2.75, 3.05) is 19.8 Å². The molecule has 3 aromatic rings. The van der Waals surface area contributed by atoms with E-state index in [0.717, 1.165) is 6.42 Å². The monoisotopic (exact) mass is 388 g/mol. The van der Waals surface area contributed by atoms with Crippen LogP contribution in [0.2, 0.25) is 0 Å². The van der Waals surface area contributed by atoms with Crippen LogP contribution in [0.3, 0.4) is 0 Å². The number of aromatic nitrogens is 3. The van der Waals surface area contributed by atoms with Gasteiger partial charge in [0.1, 0.15) is 17.0 Å². The summed E-state index contributed by atoms with van der Waals surface area (Å²) in [7, 11) is 0. The van der Waals surface area contributed by atoms with Gasteiger partial charge < -0.3 is 14.6 Å². The molecule has 3 rings (SSSR count). The first kappa shape index (κ1) is 19.7. The number of benzene rings is 1. The molecule has 0 aliphatic rings. The van der Waals surface area contributed by atoms with Gasteiger partial charge in [0.05, 0.1) is 6.33 Å². The lowest BCUT2D eigenvalue weighted by Crippen LogP contribution is -2.28. The van der Waals surface area contributed by atoms with E-state index in [9.17, 15) is 14.0 Å². The summed E-state index contributed by atoms with van der Waals surface area (Å²) < 4.78 is 24.8. The van der Waals surface area contributed by atoms with Crippen molar-refractivity contribution in [1.82, 2.24) is 20.0 Å². The van der Waals surface area contributed by atoms with Gasteiger partial charge in [-0.3, -0.25) is 14.2 Å². The van der Waals surface area contributed by atoms with E-state index in [4.69, 9.17) is 9.26 Å². The van der Waals surface area contributed by atoms with Gasteiger partial charge in [-0.05, 0) is 37.6 Å². The summed E-state index contributed by atoms with van der Waals surface area (Å²) in [6.45, 7) is 3.85. The number of hydrogen-bond donors (Lipinski definition) is 1. The van der Waals surface area contributed by atoms with E-state index in [1.54, 1.807) is 0 Å². The maximum absolute atomic E-state index is 13.1. The predicted molar refractivity (Wildman–Crippen MR) is 100 cm³/mol. The molecule has 148 valence electrons. The van der Waals surface area contributed by atoms with Crippen molar-refractivity contribution in [3.8, 4) is 11.3 Å². The number of carbonyl (C=O) groups excluding carboxylic acids is 1. The fourth-order valence-electron chi connectivity index (χ4n) is 2.67. The van der Waals surface area contributed by atoms with Gasteiger partial charge in [0.2, 0.25) is 5.91 Å². The van der Waals surface area contributed by atoms with Gasteiger partial charge in [-0.2, -0.15) is 0 Å². The Hall–Kier alpha value is -3.07. The Labute approximate surface area is 160 Å². The first-order chi connectivity index (χ1) is 13.6.